The van der Waals surface area contributed by atoms with Crippen molar-refractivity contribution in [3.05, 3.63) is 35.4 Å². The van der Waals surface area contributed by atoms with Gasteiger partial charge in [-0.1, -0.05) is 24.3 Å². The average molecular weight is 348 g/mol. The summed E-state index contributed by atoms with van der Waals surface area (Å²) in [5, 5.41) is 7.07. The number of nitrogens with zero attached hydrogens (tertiary/aromatic N) is 1. The molecule has 1 aliphatic rings. The molecule has 0 spiro atoms. The summed E-state index contributed by atoms with van der Waals surface area (Å²) in [7, 11) is 0. The smallest absolute Gasteiger partial charge is 0.243 e. The van der Waals surface area contributed by atoms with Crippen molar-refractivity contribution < 1.29 is 4.79 Å². The first-order valence-corrected chi connectivity index (χ1v) is 8.85. The molecule has 4 nitrogen and oxygen atoms in total. The van der Waals surface area contributed by atoms with Gasteiger partial charge in [0, 0.05) is 24.0 Å². The number of hydrogen-bond donors (Lipinski definition) is 2. The van der Waals surface area contributed by atoms with Gasteiger partial charge in [0.1, 0.15) is 6.04 Å². The zero-order chi connectivity index (χ0) is 18.1. The van der Waals surface area contributed by atoms with E-state index in [0.29, 0.717) is 18.1 Å². The number of hydrogen-bond acceptors (Lipinski definition) is 2. The molecule has 2 N–H and O–H groups in total. The Morgan fingerprint density at radius 1 is 1.04 bits per heavy atom. The number of carbonyl (C=O) groups is 1. The van der Waals surface area contributed by atoms with Gasteiger partial charge in [-0.15, -0.1) is 0 Å². The normalized spacial score (nSPS) is 17.9. The van der Waals surface area contributed by atoms with Crippen molar-refractivity contribution in [2.45, 2.75) is 71.6 Å². The first-order valence-electron chi connectivity index (χ1n) is 8.44. The summed E-state index contributed by atoms with van der Waals surface area (Å²) in [6.45, 7) is 12.9. The van der Waals surface area contributed by atoms with Crippen LogP contribution in [0.2, 0.25) is 0 Å². The van der Waals surface area contributed by atoms with Crippen molar-refractivity contribution >= 4 is 23.2 Å². The number of nitrogens with one attached hydrogen (secondary N) is 2. The third-order valence-electron chi connectivity index (χ3n) is 3.79. The van der Waals surface area contributed by atoms with Crippen LogP contribution in [0, 0.1) is 0 Å². The lowest BCUT2D eigenvalue weighted by atomic mass is 9.93. The highest BCUT2D eigenvalue weighted by Crippen LogP contribution is 2.24. The first kappa shape index (κ1) is 18.7. The Bertz CT molecular complexity index is 573. The molecule has 1 heterocycles. The van der Waals surface area contributed by atoms with E-state index >= 15 is 0 Å². The van der Waals surface area contributed by atoms with E-state index in [0.717, 1.165) is 0 Å². The molecule has 0 saturated carbocycles. The van der Waals surface area contributed by atoms with Crippen LogP contribution in [0.3, 0.4) is 0 Å². The summed E-state index contributed by atoms with van der Waals surface area (Å²) < 4.78 is 0. The highest BCUT2D eigenvalue weighted by molar-refractivity contribution is 7.80. The number of rotatable bonds is 1. The van der Waals surface area contributed by atoms with E-state index in [1.807, 2.05) is 37.8 Å². The van der Waals surface area contributed by atoms with Gasteiger partial charge in [0.25, 0.3) is 0 Å². The number of fused-ring (bicyclic) bond motifs is 1. The maximum atomic E-state index is 12.9. The van der Waals surface area contributed by atoms with Crippen LogP contribution in [-0.2, 0) is 17.8 Å². The van der Waals surface area contributed by atoms with E-state index in [2.05, 4.69) is 43.5 Å². The molecular weight excluding hydrogens is 318 g/mol. The molecule has 1 amide bonds. The maximum Gasteiger partial charge on any atom is 0.243 e. The van der Waals surface area contributed by atoms with Crippen molar-refractivity contribution in [3.63, 3.8) is 0 Å². The van der Waals surface area contributed by atoms with E-state index in [1.54, 1.807) is 0 Å². The van der Waals surface area contributed by atoms with Gasteiger partial charge in [0.15, 0.2) is 5.11 Å². The Balaban J connectivity index is 2.29. The topological polar surface area (TPSA) is 44.4 Å². The molecule has 2 rings (SSSR count). The summed E-state index contributed by atoms with van der Waals surface area (Å²) in [5.41, 5.74) is 2.05. The van der Waals surface area contributed by atoms with E-state index in [-0.39, 0.29) is 23.0 Å². The summed E-state index contributed by atoms with van der Waals surface area (Å²) in [5.74, 6) is 0.0232. The zero-order valence-corrected chi connectivity index (χ0v) is 16.4. The van der Waals surface area contributed by atoms with Gasteiger partial charge in [-0.25, -0.2) is 0 Å². The molecule has 0 fully saturated rings. The Labute approximate surface area is 151 Å². The van der Waals surface area contributed by atoms with Crippen LogP contribution in [0.5, 0.6) is 0 Å². The molecule has 1 aromatic rings. The second-order valence-corrected chi connectivity index (χ2v) is 8.92. The minimum atomic E-state index is -0.290. The highest BCUT2D eigenvalue weighted by Gasteiger charge is 2.35. The van der Waals surface area contributed by atoms with E-state index in [9.17, 15) is 4.79 Å². The fourth-order valence-corrected chi connectivity index (χ4v) is 3.31. The van der Waals surface area contributed by atoms with E-state index < -0.39 is 0 Å². The lowest BCUT2D eigenvalue weighted by Gasteiger charge is -2.40. The van der Waals surface area contributed by atoms with Crippen molar-refractivity contribution in [1.82, 2.24) is 15.5 Å². The highest BCUT2D eigenvalue weighted by atomic mass is 32.1. The van der Waals surface area contributed by atoms with Crippen LogP contribution in [-0.4, -0.2) is 33.0 Å². The van der Waals surface area contributed by atoms with Gasteiger partial charge in [-0.3, -0.25) is 4.79 Å². The minimum Gasteiger partial charge on any atom is -0.358 e. The third kappa shape index (κ3) is 4.94. The standard InChI is InChI=1S/C19H29N3OS/c1-18(2,3)20-16(23)15-11-13-9-7-8-10-14(13)12-22(15)17(24)21-19(4,5)6/h7-10,15H,11-12H2,1-6H3,(H,20,23)(H,21,24)/t15-/m0/s1. The second kappa shape index (κ2) is 6.71. The molecule has 0 bridgehead atoms. The van der Waals surface area contributed by atoms with Crippen LogP contribution < -0.4 is 10.6 Å². The number of amides is 1. The summed E-state index contributed by atoms with van der Waals surface area (Å²) in [4.78, 5) is 14.9. The molecule has 1 atom stereocenters. The molecule has 24 heavy (non-hydrogen) atoms. The quantitative estimate of drug-likeness (QED) is 0.767. The lowest BCUT2D eigenvalue weighted by molar-refractivity contribution is -0.127. The Morgan fingerprint density at radius 3 is 2.12 bits per heavy atom. The SMILES string of the molecule is CC(C)(C)NC(=O)[C@@H]1Cc2ccccc2CN1C(=S)NC(C)(C)C. The minimum absolute atomic E-state index is 0.0232. The van der Waals surface area contributed by atoms with Crippen LogP contribution >= 0.6 is 12.2 Å². The predicted octanol–water partition coefficient (Wildman–Crippen LogP) is 3.00. The first-order chi connectivity index (χ1) is 11.0. The van der Waals surface area contributed by atoms with Crippen LogP contribution in [0.25, 0.3) is 0 Å². The zero-order valence-electron chi connectivity index (χ0n) is 15.6. The monoisotopic (exact) mass is 347 g/mol. The van der Waals surface area contributed by atoms with Crippen molar-refractivity contribution in [2.75, 3.05) is 0 Å². The maximum absolute atomic E-state index is 12.9. The van der Waals surface area contributed by atoms with Crippen LogP contribution in [0.15, 0.2) is 24.3 Å². The van der Waals surface area contributed by atoms with Gasteiger partial charge in [-0.2, -0.15) is 0 Å². The van der Waals surface area contributed by atoms with Crippen molar-refractivity contribution in [2.24, 2.45) is 0 Å². The van der Waals surface area contributed by atoms with Gasteiger partial charge in [0.2, 0.25) is 5.91 Å². The fraction of sp³-hybridized carbons (Fsp3) is 0.579. The van der Waals surface area contributed by atoms with Gasteiger partial charge in [-0.05, 0) is 64.9 Å². The second-order valence-electron chi connectivity index (χ2n) is 8.54. The Hall–Kier alpha value is -1.62. The summed E-state index contributed by atoms with van der Waals surface area (Å²) in [6.07, 6.45) is 0.671. The van der Waals surface area contributed by atoms with Crippen molar-refractivity contribution in [1.29, 1.82) is 0 Å². The molecule has 0 unspecified atom stereocenters. The van der Waals surface area contributed by atoms with Crippen LogP contribution in [0.4, 0.5) is 0 Å². The molecule has 0 aliphatic carbocycles. The Kier molecular flexibility index (Phi) is 5.23. The third-order valence-corrected chi connectivity index (χ3v) is 4.13. The molecule has 132 valence electrons. The van der Waals surface area contributed by atoms with E-state index in [1.165, 1.54) is 11.1 Å². The molecule has 1 aliphatic heterocycles. The summed E-state index contributed by atoms with van der Waals surface area (Å²) >= 11 is 5.62. The van der Waals surface area contributed by atoms with Gasteiger partial charge in [0.05, 0.1) is 0 Å². The summed E-state index contributed by atoms with van der Waals surface area (Å²) in [6, 6.07) is 7.98. The van der Waals surface area contributed by atoms with Gasteiger partial charge >= 0.3 is 0 Å². The number of thiocarbonyl (C=S) groups is 1. The number of benzene rings is 1. The van der Waals surface area contributed by atoms with Crippen LogP contribution in [0.1, 0.15) is 52.7 Å². The number of carbonyl (C=O) groups excluding carboxylic acids is 1. The molecule has 1 aromatic carbocycles. The predicted molar refractivity (Wildman–Crippen MR) is 103 cm³/mol. The van der Waals surface area contributed by atoms with Gasteiger partial charge < -0.3 is 15.5 Å². The van der Waals surface area contributed by atoms with E-state index in [4.69, 9.17) is 12.2 Å². The molecule has 0 radical (unpaired) electrons. The molecule has 0 aromatic heterocycles. The van der Waals surface area contributed by atoms with Crippen molar-refractivity contribution in [3.8, 4) is 0 Å². The lowest BCUT2D eigenvalue weighted by Crippen LogP contribution is -2.59. The molecule has 0 saturated heterocycles. The average Bonchev–Trinajstić information content (AvgIpc) is 2.42. The molecule has 5 heteroatoms. The molecular formula is C19H29N3OS. The fourth-order valence-electron chi connectivity index (χ4n) is 2.82. The largest absolute Gasteiger partial charge is 0.358 e. The Morgan fingerprint density at radius 2 is 1.58 bits per heavy atom.